The molecule has 0 aromatic heterocycles. The number of halogens is 4. The van der Waals surface area contributed by atoms with Gasteiger partial charge in [-0.25, -0.2) is 0 Å². The SMILES string of the molecule is Cc1cc(C(Cl)c2cc(Br)ccc2I)c(C)cc1Cl. The number of rotatable bonds is 2. The molecular formula is C15H12BrCl2I. The van der Waals surface area contributed by atoms with Crippen molar-refractivity contribution in [2.75, 3.05) is 0 Å². The van der Waals surface area contributed by atoms with Crippen LogP contribution in [0.4, 0.5) is 0 Å². The van der Waals surface area contributed by atoms with Crippen LogP contribution in [0.2, 0.25) is 5.02 Å². The van der Waals surface area contributed by atoms with Crippen LogP contribution in [0.25, 0.3) is 0 Å². The summed E-state index contributed by atoms with van der Waals surface area (Å²) in [5.74, 6) is 0. The minimum Gasteiger partial charge on any atom is -0.113 e. The van der Waals surface area contributed by atoms with Crippen molar-refractivity contribution in [3.8, 4) is 0 Å². The molecule has 0 radical (unpaired) electrons. The maximum absolute atomic E-state index is 6.67. The zero-order chi connectivity index (χ0) is 14.2. The molecule has 0 saturated heterocycles. The summed E-state index contributed by atoms with van der Waals surface area (Å²) in [7, 11) is 0. The molecule has 4 heteroatoms. The normalized spacial score (nSPS) is 12.5. The molecule has 0 spiro atoms. The quantitative estimate of drug-likeness (QED) is 0.341. The lowest BCUT2D eigenvalue weighted by Gasteiger charge is -2.16. The summed E-state index contributed by atoms with van der Waals surface area (Å²) in [6, 6.07) is 10.2. The molecule has 2 aromatic carbocycles. The molecule has 0 aliphatic carbocycles. The summed E-state index contributed by atoms with van der Waals surface area (Å²) in [6.07, 6.45) is 0. The van der Waals surface area contributed by atoms with Crippen LogP contribution in [0.5, 0.6) is 0 Å². The first kappa shape index (κ1) is 15.6. The second-order valence-electron chi connectivity index (χ2n) is 4.49. The van der Waals surface area contributed by atoms with Gasteiger partial charge in [0, 0.05) is 13.1 Å². The van der Waals surface area contributed by atoms with Gasteiger partial charge in [-0.2, -0.15) is 0 Å². The van der Waals surface area contributed by atoms with Gasteiger partial charge in [-0.15, -0.1) is 11.6 Å². The Kier molecular flexibility index (Phi) is 5.21. The third-order valence-corrected chi connectivity index (χ3v) is 5.40. The Morgan fingerprint density at radius 3 is 2.42 bits per heavy atom. The van der Waals surface area contributed by atoms with E-state index in [4.69, 9.17) is 23.2 Å². The van der Waals surface area contributed by atoms with E-state index in [0.717, 1.165) is 35.3 Å². The van der Waals surface area contributed by atoms with Crippen molar-refractivity contribution in [2.45, 2.75) is 19.2 Å². The fourth-order valence-corrected chi connectivity index (χ4v) is 3.80. The Bertz CT molecular complexity index is 626. The molecule has 2 rings (SSSR count). The lowest BCUT2D eigenvalue weighted by molar-refractivity contribution is 1.09. The first-order valence-electron chi connectivity index (χ1n) is 5.76. The van der Waals surface area contributed by atoms with Gasteiger partial charge in [-0.3, -0.25) is 0 Å². The van der Waals surface area contributed by atoms with Gasteiger partial charge in [0.1, 0.15) is 0 Å². The highest BCUT2D eigenvalue weighted by atomic mass is 127. The van der Waals surface area contributed by atoms with Crippen LogP contribution in [0.15, 0.2) is 34.8 Å². The maximum atomic E-state index is 6.67. The summed E-state index contributed by atoms with van der Waals surface area (Å²) in [5, 5.41) is 0.620. The largest absolute Gasteiger partial charge is 0.113 e. The average Bonchev–Trinajstić information content (AvgIpc) is 2.36. The van der Waals surface area contributed by atoms with Crippen LogP contribution in [0, 0.1) is 17.4 Å². The van der Waals surface area contributed by atoms with Crippen LogP contribution in [0.1, 0.15) is 27.6 Å². The molecule has 1 unspecified atom stereocenters. The maximum Gasteiger partial charge on any atom is 0.0848 e. The molecule has 19 heavy (non-hydrogen) atoms. The lowest BCUT2D eigenvalue weighted by Crippen LogP contribution is -2.00. The van der Waals surface area contributed by atoms with Gasteiger partial charge in [0.2, 0.25) is 0 Å². The zero-order valence-corrected chi connectivity index (χ0v) is 15.7. The van der Waals surface area contributed by atoms with Crippen molar-refractivity contribution in [2.24, 2.45) is 0 Å². The summed E-state index contributed by atoms with van der Waals surface area (Å²) < 4.78 is 2.20. The third-order valence-electron chi connectivity index (χ3n) is 3.05. The van der Waals surface area contributed by atoms with E-state index in [9.17, 15) is 0 Å². The van der Waals surface area contributed by atoms with Crippen LogP contribution in [-0.4, -0.2) is 0 Å². The van der Waals surface area contributed by atoms with E-state index in [0.29, 0.717) is 0 Å². The van der Waals surface area contributed by atoms with Gasteiger partial charge >= 0.3 is 0 Å². The molecule has 0 heterocycles. The van der Waals surface area contributed by atoms with E-state index in [1.165, 1.54) is 0 Å². The molecule has 0 amide bonds. The highest BCUT2D eigenvalue weighted by molar-refractivity contribution is 14.1. The van der Waals surface area contributed by atoms with E-state index in [-0.39, 0.29) is 5.38 Å². The Morgan fingerprint density at radius 1 is 1.05 bits per heavy atom. The van der Waals surface area contributed by atoms with E-state index >= 15 is 0 Å². The van der Waals surface area contributed by atoms with Crippen LogP contribution in [-0.2, 0) is 0 Å². The highest BCUT2D eigenvalue weighted by Gasteiger charge is 2.17. The molecule has 0 bridgehead atoms. The Balaban J connectivity index is 2.52. The van der Waals surface area contributed by atoms with Crippen molar-refractivity contribution in [3.05, 3.63) is 65.7 Å². The van der Waals surface area contributed by atoms with Crippen molar-refractivity contribution < 1.29 is 0 Å². The van der Waals surface area contributed by atoms with E-state index in [1.807, 2.05) is 26.0 Å². The van der Waals surface area contributed by atoms with Crippen molar-refractivity contribution in [1.29, 1.82) is 0 Å². The molecule has 2 aromatic rings. The molecular weight excluding hydrogens is 458 g/mol. The summed E-state index contributed by atoms with van der Waals surface area (Å²) in [4.78, 5) is 0. The van der Waals surface area contributed by atoms with Gasteiger partial charge in [-0.05, 0) is 83.0 Å². The predicted octanol–water partition coefficient (Wildman–Crippen LogP) is 6.65. The summed E-state index contributed by atoms with van der Waals surface area (Å²) in [6.45, 7) is 4.04. The van der Waals surface area contributed by atoms with E-state index in [2.05, 4.69) is 56.7 Å². The van der Waals surface area contributed by atoms with Crippen molar-refractivity contribution >= 4 is 61.7 Å². The molecule has 0 aliphatic rings. The molecule has 0 N–H and O–H groups in total. The Hall–Kier alpha value is 0.230. The molecule has 100 valence electrons. The number of aryl methyl sites for hydroxylation is 2. The first-order valence-corrected chi connectivity index (χ1v) is 8.44. The van der Waals surface area contributed by atoms with Gasteiger partial charge in [0.25, 0.3) is 0 Å². The Labute approximate surface area is 145 Å². The van der Waals surface area contributed by atoms with E-state index < -0.39 is 0 Å². The molecule has 0 fully saturated rings. The minimum absolute atomic E-state index is 0.166. The highest BCUT2D eigenvalue weighted by Crippen LogP contribution is 2.36. The van der Waals surface area contributed by atoms with Gasteiger partial charge < -0.3 is 0 Å². The minimum atomic E-state index is -0.166. The molecule has 0 aliphatic heterocycles. The molecule has 0 saturated carbocycles. The van der Waals surface area contributed by atoms with Crippen molar-refractivity contribution in [1.82, 2.24) is 0 Å². The van der Waals surface area contributed by atoms with Crippen LogP contribution in [0.3, 0.4) is 0 Å². The monoisotopic (exact) mass is 468 g/mol. The van der Waals surface area contributed by atoms with Gasteiger partial charge in [0.15, 0.2) is 0 Å². The smallest absolute Gasteiger partial charge is 0.0848 e. The predicted molar refractivity (Wildman–Crippen MR) is 95.5 cm³/mol. The number of hydrogen-bond acceptors (Lipinski definition) is 0. The second-order valence-corrected chi connectivity index (χ2v) is 7.41. The topological polar surface area (TPSA) is 0 Å². The number of alkyl halides is 1. The van der Waals surface area contributed by atoms with Gasteiger partial charge in [0.05, 0.1) is 5.38 Å². The lowest BCUT2D eigenvalue weighted by atomic mass is 9.98. The molecule has 0 nitrogen and oxygen atoms in total. The number of benzene rings is 2. The van der Waals surface area contributed by atoms with E-state index in [1.54, 1.807) is 0 Å². The van der Waals surface area contributed by atoms with Gasteiger partial charge in [-0.1, -0.05) is 33.6 Å². The average molecular weight is 470 g/mol. The summed E-state index contributed by atoms with van der Waals surface area (Å²) in [5.41, 5.74) is 4.39. The second kappa shape index (κ2) is 6.33. The van der Waals surface area contributed by atoms with Crippen LogP contribution < -0.4 is 0 Å². The third kappa shape index (κ3) is 3.46. The fraction of sp³-hybridized carbons (Fsp3) is 0.200. The summed E-state index contributed by atoms with van der Waals surface area (Å²) >= 11 is 18.6. The van der Waals surface area contributed by atoms with Crippen molar-refractivity contribution in [3.63, 3.8) is 0 Å². The Morgan fingerprint density at radius 2 is 1.74 bits per heavy atom. The first-order chi connectivity index (χ1) is 8.90. The number of hydrogen-bond donors (Lipinski definition) is 0. The van der Waals surface area contributed by atoms with Crippen LogP contribution >= 0.6 is 61.7 Å². The standard InChI is InChI=1S/C15H12BrCl2I/c1-8-6-13(17)9(2)5-11(8)15(18)12-7-10(16)3-4-14(12)19/h3-7,15H,1-2H3. The fourth-order valence-electron chi connectivity index (χ4n) is 1.95. The molecule has 1 atom stereocenters. The zero-order valence-electron chi connectivity index (χ0n) is 10.5.